The van der Waals surface area contributed by atoms with E-state index in [9.17, 15) is 8.42 Å². The summed E-state index contributed by atoms with van der Waals surface area (Å²) in [5, 5.41) is 4.15. The molecule has 2 aromatic rings. The first-order chi connectivity index (χ1) is 13.2. The van der Waals surface area contributed by atoms with Gasteiger partial charge in [0.2, 0.25) is 0 Å². The van der Waals surface area contributed by atoms with E-state index in [-0.39, 0.29) is 11.5 Å². The van der Waals surface area contributed by atoms with E-state index in [0.29, 0.717) is 12.3 Å². The first-order valence-electron chi connectivity index (χ1n) is 9.38. The molecule has 0 saturated carbocycles. The van der Waals surface area contributed by atoms with Crippen LogP contribution in [0.1, 0.15) is 38.3 Å². The van der Waals surface area contributed by atoms with Crippen LogP contribution in [0.2, 0.25) is 0 Å². The average molecular weight is 404 g/mol. The molecule has 5 nitrogen and oxygen atoms in total. The van der Waals surface area contributed by atoms with Crippen molar-refractivity contribution in [1.82, 2.24) is 0 Å². The fraction of sp³-hybridized carbons (Fsp3) is 0.409. The minimum atomic E-state index is -3.80. The molecule has 2 rings (SSSR count). The van der Waals surface area contributed by atoms with Crippen molar-refractivity contribution in [2.75, 3.05) is 13.2 Å². The summed E-state index contributed by atoms with van der Waals surface area (Å²) in [4.78, 5) is 5.57. The van der Waals surface area contributed by atoms with Gasteiger partial charge in [0.25, 0.3) is 10.1 Å². The van der Waals surface area contributed by atoms with Crippen molar-refractivity contribution in [3.8, 4) is 0 Å². The number of benzene rings is 2. The molecule has 2 aromatic carbocycles. The molecular weight excluding hydrogens is 374 g/mol. The Morgan fingerprint density at radius 2 is 1.68 bits per heavy atom. The second kappa shape index (κ2) is 9.85. The lowest BCUT2D eigenvalue weighted by molar-refractivity contribution is 0.135. The molecule has 0 spiro atoms. The lowest BCUT2D eigenvalue weighted by Crippen LogP contribution is -2.29. The molecule has 0 amide bonds. The second-order valence-electron chi connectivity index (χ2n) is 7.51. The summed E-state index contributed by atoms with van der Waals surface area (Å²) in [6.07, 6.45) is 1.79. The van der Waals surface area contributed by atoms with E-state index in [4.69, 9.17) is 9.02 Å². The zero-order valence-electron chi connectivity index (χ0n) is 17.0. The van der Waals surface area contributed by atoms with Crippen molar-refractivity contribution in [2.24, 2.45) is 10.6 Å². The highest BCUT2D eigenvalue weighted by atomic mass is 32.2. The van der Waals surface area contributed by atoms with Crippen LogP contribution in [0.4, 0.5) is 0 Å². The van der Waals surface area contributed by atoms with Crippen molar-refractivity contribution in [1.29, 1.82) is 0 Å². The van der Waals surface area contributed by atoms with Gasteiger partial charge in [-0.05, 0) is 44.4 Å². The van der Waals surface area contributed by atoms with Crippen molar-refractivity contribution in [2.45, 2.75) is 45.4 Å². The minimum Gasteiger partial charge on any atom is -0.396 e. The van der Waals surface area contributed by atoms with E-state index in [0.717, 1.165) is 18.4 Å². The van der Waals surface area contributed by atoms with Crippen LogP contribution in [0.3, 0.4) is 0 Å². The molecule has 0 aliphatic rings. The Kier molecular flexibility index (Phi) is 7.78. The first-order valence-corrected chi connectivity index (χ1v) is 10.8. The first kappa shape index (κ1) is 22.1. The molecule has 0 bridgehead atoms. The van der Waals surface area contributed by atoms with Crippen LogP contribution in [-0.2, 0) is 25.6 Å². The summed E-state index contributed by atoms with van der Waals surface area (Å²) in [5.41, 5.74) is 2.37. The molecule has 0 fully saturated rings. The predicted octanol–water partition coefficient (Wildman–Crippen LogP) is 4.75. The Morgan fingerprint density at radius 1 is 1.04 bits per heavy atom. The summed E-state index contributed by atoms with van der Waals surface area (Å²) in [7, 11) is -3.80. The molecule has 6 heteroatoms. The Labute approximate surface area is 168 Å². The highest BCUT2D eigenvalue weighted by Gasteiger charge is 2.27. The van der Waals surface area contributed by atoms with Crippen LogP contribution in [-0.4, -0.2) is 27.3 Å². The summed E-state index contributed by atoms with van der Waals surface area (Å²) >= 11 is 0. The van der Waals surface area contributed by atoms with E-state index in [1.807, 2.05) is 45.9 Å². The Bertz CT molecular complexity index is 873. The Balaban J connectivity index is 1.83. The normalized spacial score (nSPS) is 12.8. The number of hydrogen-bond acceptors (Lipinski definition) is 5. The van der Waals surface area contributed by atoms with Gasteiger partial charge in [0.1, 0.15) is 6.61 Å². The number of oxime groups is 1. The minimum absolute atomic E-state index is 0.00802. The highest BCUT2D eigenvalue weighted by molar-refractivity contribution is 7.86. The predicted molar refractivity (Wildman–Crippen MR) is 112 cm³/mol. The SMILES string of the molecule is C/C(=N\OCCCc1ccccc1)C(C)(C)COS(=O)(=O)c1ccc(C)cc1. The molecule has 0 saturated heterocycles. The van der Waals surface area contributed by atoms with Gasteiger partial charge in [0.15, 0.2) is 0 Å². The van der Waals surface area contributed by atoms with Gasteiger partial charge in [-0.2, -0.15) is 8.42 Å². The lowest BCUT2D eigenvalue weighted by atomic mass is 9.90. The molecule has 0 aromatic heterocycles. The van der Waals surface area contributed by atoms with Crippen LogP contribution in [0.15, 0.2) is 64.6 Å². The molecule has 0 radical (unpaired) electrons. The van der Waals surface area contributed by atoms with E-state index in [2.05, 4.69) is 17.3 Å². The van der Waals surface area contributed by atoms with E-state index in [1.54, 1.807) is 24.3 Å². The lowest BCUT2D eigenvalue weighted by Gasteiger charge is -2.23. The van der Waals surface area contributed by atoms with E-state index in [1.165, 1.54) is 5.56 Å². The average Bonchev–Trinajstić information content (AvgIpc) is 2.67. The number of hydrogen-bond donors (Lipinski definition) is 0. The fourth-order valence-electron chi connectivity index (χ4n) is 2.35. The van der Waals surface area contributed by atoms with E-state index < -0.39 is 15.5 Å². The third kappa shape index (κ3) is 6.77. The quantitative estimate of drug-likeness (QED) is 0.248. The zero-order chi connectivity index (χ0) is 20.6. The third-order valence-corrected chi connectivity index (χ3v) is 5.89. The molecule has 28 heavy (non-hydrogen) atoms. The Hall–Kier alpha value is -2.18. The standard InChI is InChI=1S/C22H29NO4S/c1-18-12-14-21(15-13-18)28(24,25)27-17-22(3,4)19(2)23-26-16-8-11-20-9-6-5-7-10-20/h5-7,9-10,12-15H,8,11,16-17H2,1-4H3/b23-19+. The highest BCUT2D eigenvalue weighted by Crippen LogP contribution is 2.22. The van der Waals surface area contributed by atoms with Crippen molar-refractivity contribution >= 4 is 15.8 Å². The van der Waals surface area contributed by atoms with Crippen molar-refractivity contribution in [3.63, 3.8) is 0 Å². The van der Waals surface area contributed by atoms with Gasteiger partial charge < -0.3 is 4.84 Å². The molecule has 0 atom stereocenters. The second-order valence-corrected chi connectivity index (χ2v) is 9.13. The Morgan fingerprint density at radius 3 is 2.32 bits per heavy atom. The zero-order valence-corrected chi connectivity index (χ0v) is 17.8. The van der Waals surface area contributed by atoms with Gasteiger partial charge in [-0.3, -0.25) is 4.18 Å². The molecular formula is C22H29NO4S. The van der Waals surface area contributed by atoms with Gasteiger partial charge >= 0.3 is 0 Å². The van der Waals surface area contributed by atoms with Crippen molar-refractivity contribution in [3.05, 3.63) is 65.7 Å². The van der Waals surface area contributed by atoms with Crippen LogP contribution in [0, 0.1) is 12.3 Å². The fourth-order valence-corrected chi connectivity index (χ4v) is 3.41. The molecule has 0 heterocycles. The maximum atomic E-state index is 12.4. The largest absolute Gasteiger partial charge is 0.396 e. The molecule has 0 aliphatic carbocycles. The van der Waals surface area contributed by atoms with Crippen LogP contribution >= 0.6 is 0 Å². The van der Waals surface area contributed by atoms with Gasteiger partial charge in [-0.1, -0.05) is 67.0 Å². The number of nitrogens with zero attached hydrogens (tertiary/aromatic N) is 1. The van der Waals surface area contributed by atoms with Crippen molar-refractivity contribution < 1.29 is 17.4 Å². The van der Waals surface area contributed by atoms with Gasteiger partial charge in [0.05, 0.1) is 17.2 Å². The summed E-state index contributed by atoms with van der Waals surface area (Å²) in [5.74, 6) is 0. The van der Waals surface area contributed by atoms with Crippen LogP contribution in [0.5, 0.6) is 0 Å². The monoisotopic (exact) mass is 403 g/mol. The van der Waals surface area contributed by atoms with E-state index >= 15 is 0 Å². The maximum absolute atomic E-state index is 12.4. The number of rotatable bonds is 10. The van der Waals surface area contributed by atoms with Gasteiger partial charge in [-0.25, -0.2) is 0 Å². The summed E-state index contributed by atoms with van der Waals surface area (Å²) in [6.45, 7) is 7.98. The molecule has 0 N–H and O–H groups in total. The number of aryl methyl sites for hydroxylation is 2. The van der Waals surface area contributed by atoms with Gasteiger partial charge in [0, 0.05) is 5.41 Å². The molecule has 152 valence electrons. The maximum Gasteiger partial charge on any atom is 0.297 e. The summed E-state index contributed by atoms with van der Waals surface area (Å²) < 4.78 is 30.0. The molecule has 0 unspecified atom stereocenters. The van der Waals surface area contributed by atoms with Crippen LogP contribution in [0.25, 0.3) is 0 Å². The van der Waals surface area contributed by atoms with Gasteiger partial charge in [-0.15, -0.1) is 0 Å². The smallest absolute Gasteiger partial charge is 0.297 e. The molecule has 0 aliphatic heterocycles. The third-order valence-electron chi connectivity index (χ3n) is 4.61. The topological polar surface area (TPSA) is 65.0 Å². The summed E-state index contributed by atoms with van der Waals surface area (Å²) in [6, 6.07) is 16.8. The van der Waals surface area contributed by atoms with Crippen LogP contribution < -0.4 is 0 Å².